The molecule has 0 atom stereocenters. The van der Waals surface area contributed by atoms with Crippen LogP contribution in [0.25, 0.3) is 10.9 Å². The number of rotatable bonds is 4. The monoisotopic (exact) mass is 265 g/mol. The maximum Gasteiger partial charge on any atom is 0.251 e. The van der Waals surface area contributed by atoms with E-state index >= 15 is 0 Å². The second kappa shape index (κ2) is 5.57. The number of carbonyl (C=O) groups excluding carboxylic acids is 1. The zero-order valence-electron chi connectivity index (χ0n) is 11.0. The lowest BCUT2D eigenvalue weighted by Gasteiger charge is -2.05. The van der Waals surface area contributed by atoms with Gasteiger partial charge >= 0.3 is 0 Å². The first-order valence-electron chi connectivity index (χ1n) is 6.57. The highest BCUT2D eigenvalue weighted by Gasteiger charge is 2.04. The van der Waals surface area contributed by atoms with E-state index in [0.717, 1.165) is 11.9 Å². The molecule has 0 aliphatic rings. The normalized spacial score (nSPS) is 10.6. The van der Waals surface area contributed by atoms with Crippen molar-refractivity contribution in [3.63, 3.8) is 0 Å². The van der Waals surface area contributed by atoms with Crippen molar-refractivity contribution >= 4 is 16.8 Å². The molecular formula is C16H15N3O. The quantitative estimate of drug-likeness (QED) is 0.761. The van der Waals surface area contributed by atoms with Gasteiger partial charge in [0.05, 0.1) is 0 Å². The molecule has 20 heavy (non-hydrogen) atoms. The summed E-state index contributed by atoms with van der Waals surface area (Å²) < 4.78 is 0. The lowest BCUT2D eigenvalue weighted by molar-refractivity contribution is 0.0954. The average Bonchev–Trinajstić information content (AvgIpc) is 2.95. The highest BCUT2D eigenvalue weighted by Crippen LogP contribution is 2.14. The predicted molar refractivity (Wildman–Crippen MR) is 78.6 cm³/mol. The van der Waals surface area contributed by atoms with Crippen LogP contribution in [-0.4, -0.2) is 22.4 Å². The molecule has 4 heteroatoms. The van der Waals surface area contributed by atoms with Gasteiger partial charge in [-0.15, -0.1) is 0 Å². The van der Waals surface area contributed by atoms with Crippen LogP contribution in [0.3, 0.4) is 0 Å². The van der Waals surface area contributed by atoms with Gasteiger partial charge in [0.1, 0.15) is 0 Å². The first-order valence-corrected chi connectivity index (χ1v) is 6.57. The van der Waals surface area contributed by atoms with Crippen LogP contribution in [0.15, 0.2) is 55.0 Å². The molecule has 3 rings (SSSR count). The molecule has 0 aliphatic carbocycles. The summed E-state index contributed by atoms with van der Waals surface area (Å²) in [4.78, 5) is 18.9. The van der Waals surface area contributed by atoms with Gasteiger partial charge in [-0.1, -0.05) is 6.07 Å². The number of fused-ring (bicyclic) bond motifs is 1. The Morgan fingerprint density at radius 2 is 2.00 bits per heavy atom. The van der Waals surface area contributed by atoms with Crippen molar-refractivity contribution in [2.45, 2.75) is 6.42 Å². The first-order chi connectivity index (χ1) is 9.83. The third-order valence-electron chi connectivity index (χ3n) is 3.26. The average molecular weight is 265 g/mol. The molecule has 2 N–H and O–H groups in total. The molecule has 2 heterocycles. The van der Waals surface area contributed by atoms with Gasteiger partial charge in [0.25, 0.3) is 5.91 Å². The van der Waals surface area contributed by atoms with Crippen molar-refractivity contribution in [1.82, 2.24) is 15.3 Å². The molecule has 0 fully saturated rings. The summed E-state index contributed by atoms with van der Waals surface area (Å²) in [6.45, 7) is 0.622. The van der Waals surface area contributed by atoms with Gasteiger partial charge in [-0.2, -0.15) is 0 Å². The summed E-state index contributed by atoms with van der Waals surface area (Å²) in [5, 5.41) is 4.11. The fourth-order valence-electron chi connectivity index (χ4n) is 2.18. The van der Waals surface area contributed by atoms with Crippen LogP contribution in [0.1, 0.15) is 15.9 Å². The Morgan fingerprint density at radius 1 is 1.15 bits per heavy atom. The predicted octanol–water partition coefficient (Wildman–Crippen LogP) is 2.54. The molecule has 1 aromatic carbocycles. The fraction of sp³-hybridized carbons (Fsp3) is 0.125. The summed E-state index contributed by atoms with van der Waals surface area (Å²) in [5.74, 6) is -0.0601. The van der Waals surface area contributed by atoms with Crippen molar-refractivity contribution in [3.8, 4) is 0 Å². The molecular weight excluding hydrogens is 250 g/mol. The highest BCUT2D eigenvalue weighted by molar-refractivity contribution is 5.93. The van der Waals surface area contributed by atoms with Crippen LogP contribution in [0.5, 0.6) is 0 Å². The summed E-state index contributed by atoms with van der Waals surface area (Å²) in [6, 6.07) is 11.8. The molecule has 0 unspecified atom stereocenters. The summed E-state index contributed by atoms with van der Waals surface area (Å²) in [5.41, 5.74) is 2.99. The van der Waals surface area contributed by atoms with Crippen molar-refractivity contribution in [2.24, 2.45) is 0 Å². The van der Waals surface area contributed by atoms with E-state index in [9.17, 15) is 4.79 Å². The number of amides is 1. The number of H-pyrrole nitrogens is 1. The molecule has 0 saturated carbocycles. The topological polar surface area (TPSA) is 57.8 Å². The lowest BCUT2D eigenvalue weighted by Crippen LogP contribution is -2.25. The smallest absolute Gasteiger partial charge is 0.251 e. The minimum Gasteiger partial charge on any atom is -0.361 e. The Balaban J connectivity index is 1.58. The van der Waals surface area contributed by atoms with Gasteiger partial charge in [0.2, 0.25) is 0 Å². The van der Waals surface area contributed by atoms with Gasteiger partial charge in [-0.05, 0) is 47.7 Å². The van der Waals surface area contributed by atoms with E-state index in [1.54, 1.807) is 24.5 Å². The van der Waals surface area contributed by atoms with Crippen LogP contribution in [-0.2, 0) is 6.42 Å². The second-order valence-corrected chi connectivity index (χ2v) is 4.64. The number of nitrogens with zero attached hydrogens (tertiary/aromatic N) is 1. The number of aromatic nitrogens is 2. The highest BCUT2D eigenvalue weighted by atomic mass is 16.1. The number of hydrogen-bond donors (Lipinski definition) is 2. The number of aromatic amines is 1. The standard InChI is InChI=1S/C16H15N3O/c20-16(13-4-7-17-8-5-13)19-9-3-12-1-2-15-14(11-12)6-10-18-15/h1-2,4-8,10-11,18H,3,9H2,(H,19,20). The third-order valence-corrected chi connectivity index (χ3v) is 3.26. The summed E-state index contributed by atoms with van der Waals surface area (Å²) in [6.07, 6.45) is 5.99. The SMILES string of the molecule is O=C(NCCc1ccc2[nH]ccc2c1)c1ccncc1. The van der Waals surface area contributed by atoms with Crippen molar-refractivity contribution in [3.05, 3.63) is 66.1 Å². The van der Waals surface area contributed by atoms with E-state index in [2.05, 4.69) is 33.5 Å². The van der Waals surface area contributed by atoms with E-state index in [1.165, 1.54) is 10.9 Å². The van der Waals surface area contributed by atoms with Crippen LogP contribution >= 0.6 is 0 Å². The Morgan fingerprint density at radius 3 is 2.85 bits per heavy atom. The van der Waals surface area contributed by atoms with E-state index in [1.807, 2.05) is 12.3 Å². The number of carbonyl (C=O) groups is 1. The molecule has 4 nitrogen and oxygen atoms in total. The molecule has 3 aromatic rings. The van der Waals surface area contributed by atoms with Crippen molar-refractivity contribution < 1.29 is 4.79 Å². The minimum atomic E-state index is -0.0601. The maximum absolute atomic E-state index is 11.9. The minimum absolute atomic E-state index is 0.0601. The molecule has 100 valence electrons. The van der Waals surface area contributed by atoms with Crippen molar-refractivity contribution in [2.75, 3.05) is 6.54 Å². The number of benzene rings is 1. The largest absolute Gasteiger partial charge is 0.361 e. The zero-order valence-corrected chi connectivity index (χ0v) is 11.0. The van der Waals surface area contributed by atoms with Gasteiger partial charge in [0.15, 0.2) is 0 Å². The Kier molecular flexibility index (Phi) is 3.46. The van der Waals surface area contributed by atoms with Crippen LogP contribution in [0, 0.1) is 0 Å². The zero-order chi connectivity index (χ0) is 13.8. The van der Waals surface area contributed by atoms with Crippen LogP contribution in [0.2, 0.25) is 0 Å². The Labute approximate surface area is 116 Å². The van der Waals surface area contributed by atoms with Gasteiger partial charge in [-0.3, -0.25) is 9.78 Å². The summed E-state index contributed by atoms with van der Waals surface area (Å²) >= 11 is 0. The molecule has 0 bridgehead atoms. The Hall–Kier alpha value is -2.62. The van der Waals surface area contributed by atoms with E-state index < -0.39 is 0 Å². The number of nitrogens with one attached hydrogen (secondary N) is 2. The molecule has 2 aromatic heterocycles. The first kappa shape index (κ1) is 12.4. The molecule has 0 aliphatic heterocycles. The van der Waals surface area contributed by atoms with E-state index in [-0.39, 0.29) is 5.91 Å². The van der Waals surface area contributed by atoms with Gasteiger partial charge in [0, 0.05) is 36.2 Å². The molecule has 0 saturated heterocycles. The third kappa shape index (κ3) is 2.69. The fourth-order valence-corrected chi connectivity index (χ4v) is 2.18. The molecule has 0 radical (unpaired) electrons. The Bertz CT molecular complexity index is 719. The lowest BCUT2D eigenvalue weighted by atomic mass is 10.1. The number of pyridine rings is 1. The van der Waals surface area contributed by atoms with Gasteiger partial charge < -0.3 is 10.3 Å². The number of hydrogen-bond acceptors (Lipinski definition) is 2. The second-order valence-electron chi connectivity index (χ2n) is 4.64. The van der Waals surface area contributed by atoms with Crippen LogP contribution < -0.4 is 5.32 Å². The van der Waals surface area contributed by atoms with E-state index in [4.69, 9.17) is 0 Å². The molecule has 1 amide bonds. The summed E-state index contributed by atoms with van der Waals surface area (Å²) in [7, 11) is 0. The maximum atomic E-state index is 11.9. The van der Waals surface area contributed by atoms with E-state index in [0.29, 0.717) is 12.1 Å². The van der Waals surface area contributed by atoms with Crippen LogP contribution in [0.4, 0.5) is 0 Å². The van der Waals surface area contributed by atoms with Gasteiger partial charge in [-0.25, -0.2) is 0 Å². The van der Waals surface area contributed by atoms with Crippen molar-refractivity contribution in [1.29, 1.82) is 0 Å². The molecule has 0 spiro atoms.